The number of ether oxygens (including phenoxy) is 1. The molecular weight excluding hydrogens is 169 g/mol. The Hall–Kier alpha value is -0.150. The molecule has 0 aliphatic carbocycles. The summed E-state index contributed by atoms with van der Waals surface area (Å²) in [5, 5.41) is 0. The lowest BCUT2D eigenvalue weighted by molar-refractivity contribution is 0.00327. The summed E-state index contributed by atoms with van der Waals surface area (Å²) in [6.45, 7) is 6.96. The largest absolute Gasteiger partial charge is 0.377 e. The van der Waals surface area contributed by atoms with Crippen LogP contribution in [0.1, 0.15) is 27.2 Å². The third-order valence-corrected chi connectivity index (χ3v) is 2.77. The molecule has 13 heavy (non-hydrogen) atoms. The predicted octanol–water partition coefficient (Wildman–Crippen LogP) is 1.84. The Bertz CT molecular complexity index is 170. The molecule has 0 spiro atoms. The molecule has 0 saturated carbocycles. The molecule has 0 aromatic rings. The monoisotopic (exact) mass is 189 g/mol. The first-order valence-electron chi connectivity index (χ1n) is 4.94. The van der Waals surface area contributed by atoms with Crippen molar-refractivity contribution in [1.29, 1.82) is 0 Å². The highest BCUT2D eigenvalue weighted by molar-refractivity contribution is 4.95. The number of likely N-dealkylation sites (tertiary alicyclic amines) is 1. The summed E-state index contributed by atoms with van der Waals surface area (Å²) >= 11 is 0. The number of rotatable bonds is 3. The SMILES string of the molecule is CC(C)OC[C@H]1N(C)CC[C@]1(C)F. The molecule has 0 radical (unpaired) electrons. The molecule has 1 heterocycles. The summed E-state index contributed by atoms with van der Waals surface area (Å²) in [5.74, 6) is 0. The van der Waals surface area contributed by atoms with Crippen molar-refractivity contribution in [1.82, 2.24) is 4.90 Å². The van der Waals surface area contributed by atoms with E-state index in [-0.39, 0.29) is 12.1 Å². The molecule has 0 N–H and O–H groups in total. The molecule has 0 bridgehead atoms. The fourth-order valence-electron chi connectivity index (χ4n) is 1.76. The second-order valence-electron chi connectivity index (χ2n) is 4.41. The topological polar surface area (TPSA) is 12.5 Å². The van der Waals surface area contributed by atoms with Gasteiger partial charge in [0.2, 0.25) is 0 Å². The van der Waals surface area contributed by atoms with Gasteiger partial charge in [-0.05, 0) is 34.2 Å². The van der Waals surface area contributed by atoms with Crippen molar-refractivity contribution in [3.8, 4) is 0 Å². The Morgan fingerprint density at radius 1 is 1.62 bits per heavy atom. The van der Waals surface area contributed by atoms with Crippen molar-refractivity contribution < 1.29 is 9.13 Å². The summed E-state index contributed by atoms with van der Waals surface area (Å²) < 4.78 is 19.3. The van der Waals surface area contributed by atoms with Crippen LogP contribution in [0.15, 0.2) is 0 Å². The molecule has 3 heteroatoms. The van der Waals surface area contributed by atoms with Crippen molar-refractivity contribution in [2.45, 2.75) is 45.0 Å². The van der Waals surface area contributed by atoms with Crippen LogP contribution in [0.2, 0.25) is 0 Å². The second kappa shape index (κ2) is 3.93. The van der Waals surface area contributed by atoms with Gasteiger partial charge in [0.25, 0.3) is 0 Å². The fourth-order valence-corrected chi connectivity index (χ4v) is 1.76. The maximum absolute atomic E-state index is 13.9. The Balaban J connectivity index is 2.46. The zero-order chi connectivity index (χ0) is 10.1. The summed E-state index contributed by atoms with van der Waals surface area (Å²) in [6.07, 6.45) is 0.806. The van der Waals surface area contributed by atoms with E-state index in [1.54, 1.807) is 6.92 Å². The summed E-state index contributed by atoms with van der Waals surface area (Å²) in [7, 11) is 1.96. The lowest BCUT2D eigenvalue weighted by Crippen LogP contribution is -2.42. The van der Waals surface area contributed by atoms with Crippen molar-refractivity contribution in [2.24, 2.45) is 0 Å². The van der Waals surface area contributed by atoms with Crippen LogP contribution in [0.25, 0.3) is 0 Å². The van der Waals surface area contributed by atoms with Gasteiger partial charge in [0.15, 0.2) is 0 Å². The van der Waals surface area contributed by atoms with Crippen LogP contribution >= 0.6 is 0 Å². The Morgan fingerprint density at radius 2 is 2.23 bits per heavy atom. The van der Waals surface area contributed by atoms with Gasteiger partial charge < -0.3 is 4.74 Å². The van der Waals surface area contributed by atoms with E-state index in [1.165, 1.54) is 0 Å². The van der Waals surface area contributed by atoms with E-state index >= 15 is 0 Å². The van der Waals surface area contributed by atoms with Gasteiger partial charge in [-0.2, -0.15) is 0 Å². The van der Waals surface area contributed by atoms with Crippen molar-refractivity contribution in [3.63, 3.8) is 0 Å². The van der Waals surface area contributed by atoms with Gasteiger partial charge in [0, 0.05) is 6.54 Å². The molecule has 1 fully saturated rings. The number of nitrogens with zero attached hydrogens (tertiary/aromatic N) is 1. The predicted molar refractivity (Wildman–Crippen MR) is 51.6 cm³/mol. The van der Waals surface area contributed by atoms with Crippen LogP contribution in [0.4, 0.5) is 4.39 Å². The minimum Gasteiger partial charge on any atom is -0.377 e. The molecule has 0 aromatic carbocycles. The standard InChI is InChI=1S/C10H20FNO/c1-8(2)13-7-9-10(3,11)5-6-12(9)4/h8-9H,5-7H2,1-4H3/t9-,10+/m1/s1. The average Bonchev–Trinajstić information content (AvgIpc) is 2.23. The molecule has 0 amide bonds. The number of likely N-dealkylation sites (N-methyl/N-ethyl adjacent to an activating group) is 1. The highest BCUT2D eigenvalue weighted by Gasteiger charge is 2.42. The molecular formula is C10H20FNO. The summed E-state index contributed by atoms with van der Waals surface area (Å²) in [5.41, 5.74) is -1.08. The first-order chi connectivity index (χ1) is 5.93. The van der Waals surface area contributed by atoms with E-state index < -0.39 is 5.67 Å². The van der Waals surface area contributed by atoms with Gasteiger partial charge in [-0.25, -0.2) is 4.39 Å². The lowest BCUT2D eigenvalue weighted by atomic mass is 10.0. The highest BCUT2D eigenvalue weighted by atomic mass is 19.1. The van der Waals surface area contributed by atoms with E-state index in [1.807, 2.05) is 25.8 Å². The maximum Gasteiger partial charge on any atom is 0.127 e. The van der Waals surface area contributed by atoms with Crippen molar-refractivity contribution >= 4 is 0 Å². The van der Waals surface area contributed by atoms with Crippen molar-refractivity contribution in [3.05, 3.63) is 0 Å². The minimum atomic E-state index is -1.08. The van der Waals surface area contributed by atoms with Crippen LogP contribution in [0.5, 0.6) is 0 Å². The molecule has 1 aliphatic rings. The zero-order valence-electron chi connectivity index (χ0n) is 9.01. The van der Waals surface area contributed by atoms with E-state index in [2.05, 4.69) is 0 Å². The molecule has 2 nitrogen and oxygen atoms in total. The second-order valence-corrected chi connectivity index (χ2v) is 4.41. The average molecular weight is 189 g/mol. The van der Waals surface area contributed by atoms with Crippen LogP contribution in [-0.2, 0) is 4.74 Å². The Kier molecular flexibility index (Phi) is 3.30. The first-order valence-corrected chi connectivity index (χ1v) is 4.94. The van der Waals surface area contributed by atoms with Gasteiger partial charge in [-0.3, -0.25) is 4.90 Å². The third-order valence-electron chi connectivity index (χ3n) is 2.77. The first kappa shape index (κ1) is 10.9. The summed E-state index contributed by atoms with van der Waals surface area (Å²) in [6, 6.07) is -0.0742. The van der Waals surface area contributed by atoms with Crippen LogP contribution in [0, 0.1) is 0 Å². The van der Waals surface area contributed by atoms with Crippen molar-refractivity contribution in [2.75, 3.05) is 20.2 Å². The smallest absolute Gasteiger partial charge is 0.127 e. The fraction of sp³-hybridized carbons (Fsp3) is 1.00. The molecule has 0 aromatic heterocycles. The van der Waals surface area contributed by atoms with Crippen LogP contribution in [-0.4, -0.2) is 42.9 Å². The van der Waals surface area contributed by atoms with E-state index in [9.17, 15) is 4.39 Å². The van der Waals surface area contributed by atoms with Gasteiger partial charge in [0.05, 0.1) is 18.8 Å². The quantitative estimate of drug-likeness (QED) is 0.671. The zero-order valence-corrected chi connectivity index (χ0v) is 9.01. The normalized spacial score (nSPS) is 36.0. The van der Waals surface area contributed by atoms with E-state index in [0.717, 1.165) is 6.54 Å². The minimum absolute atomic E-state index is 0.0742. The molecule has 0 unspecified atom stereocenters. The molecule has 2 atom stereocenters. The number of hydrogen-bond donors (Lipinski definition) is 0. The lowest BCUT2D eigenvalue weighted by Gasteiger charge is -2.27. The Morgan fingerprint density at radius 3 is 2.62 bits per heavy atom. The molecule has 1 aliphatic heterocycles. The Labute approximate surface area is 80.1 Å². The van der Waals surface area contributed by atoms with E-state index in [4.69, 9.17) is 4.74 Å². The van der Waals surface area contributed by atoms with Gasteiger partial charge in [0.1, 0.15) is 5.67 Å². The molecule has 78 valence electrons. The molecule has 1 saturated heterocycles. The molecule has 1 rings (SSSR count). The van der Waals surface area contributed by atoms with Crippen LogP contribution < -0.4 is 0 Å². The summed E-state index contributed by atoms with van der Waals surface area (Å²) in [4.78, 5) is 2.04. The van der Waals surface area contributed by atoms with E-state index in [0.29, 0.717) is 13.0 Å². The number of alkyl halides is 1. The third kappa shape index (κ3) is 2.64. The maximum atomic E-state index is 13.9. The van der Waals surface area contributed by atoms with Gasteiger partial charge in [-0.15, -0.1) is 0 Å². The van der Waals surface area contributed by atoms with Gasteiger partial charge >= 0.3 is 0 Å². The number of hydrogen-bond acceptors (Lipinski definition) is 2. The number of halogens is 1. The van der Waals surface area contributed by atoms with Gasteiger partial charge in [-0.1, -0.05) is 0 Å². The highest BCUT2D eigenvalue weighted by Crippen LogP contribution is 2.31. The van der Waals surface area contributed by atoms with Crippen LogP contribution in [0.3, 0.4) is 0 Å².